The Morgan fingerprint density at radius 2 is 1.57 bits per heavy atom. The van der Waals surface area contributed by atoms with Gasteiger partial charge in [0.15, 0.2) is 8.46 Å². The standard InChI is InChI=1S/C10H20NO2P/c1-8(2)5-11(6-9(3)4)10(12)7-14-13/h8-9H,5-7H2,1-4H3. The Bertz CT molecular complexity index is 183. The third-order valence-corrected chi connectivity index (χ3v) is 2.12. The molecule has 0 aliphatic heterocycles. The van der Waals surface area contributed by atoms with Crippen molar-refractivity contribution in [2.24, 2.45) is 11.8 Å². The largest absolute Gasteiger partial charge is 0.342 e. The van der Waals surface area contributed by atoms with Crippen LogP contribution in [0.25, 0.3) is 0 Å². The fraction of sp³-hybridized carbons (Fsp3) is 0.900. The molecular formula is C10H20NO2P. The second kappa shape index (κ2) is 6.94. The van der Waals surface area contributed by atoms with Gasteiger partial charge in [-0.3, -0.25) is 9.36 Å². The SMILES string of the molecule is CC(C)CN(CC(C)C)C(=O)CP=O. The molecule has 0 saturated carbocycles. The van der Waals surface area contributed by atoms with Gasteiger partial charge in [0.25, 0.3) is 0 Å². The molecule has 0 heterocycles. The Labute approximate surface area is 88.1 Å². The van der Waals surface area contributed by atoms with Gasteiger partial charge in [-0.2, -0.15) is 0 Å². The van der Waals surface area contributed by atoms with Crippen molar-refractivity contribution in [2.75, 3.05) is 19.3 Å². The predicted molar refractivity (Wildman–Crippen MR) is 58.7 cm³/mol. The van der Waals surface area contributed by atoms with Gasteiger partial charge < -0.3 is 4.90 Å². The van der Waals surface area contributed by atoms with Gasteiger partial charge in [0.05, 0.1) is 0 Å². The molecule has 0 atom stereocenters. The molecule has 0 aliphatic rings. The van der Waals surface area contributed by atoms with E-state index in [9.17, 15) is 9.36 Å². The Balaban J connectivity index is 4.22. The number of nitrogens with zero attached hydrogens (tertiary/aromatic N) is 1. The quantitative estimate of drug-likeness (QED) is 0.641. The number of amides is 1. The molecule has 0 aromatic rings. The Morgan fingerprint density at radius 3 is 1.86 bits per heavy atom. The predicted octanol–water partition coefficient (Wildman–Crippen LogP) is 2.42. The van der Waals surface area contributed by atoms with Gasteiger partial charge in [-0.1, -0.05) is 27.7 Å². The van der Waals surface area contributed by atoms with E-state index in [0.717, 1.165) is 13.1 Å². The van der Waals surface area contributed by atoms with E-state index in [-0.39, 0.29) is 20.5 Å². The van der Waals surface area contributed by atoms with Gasteiger partial charge in [-0.25, -0.2) is 0 Å². The third kappa shape index (κ3) is 6.09. The molecule has 14 heavy (non-hydrogen) atoms. The summed E-state index contributed by atoms with van der Waals surface area (Å²) in [5.74, 6) is 0.908. The highest BCUT2D eigenvalue weighted by Crippen LogP contribution is 2.06. The van der Waals surface area contributed by atoms with E-state index in [0.29, 0.717) is 11.8 Å². The minimum atomic E-state index is -0.0830. The van der Waals surface area contributed by atoms with Gasteiger partial charge >= 0.3 is 0 Å². The summed E-state index contributed by atoms with van der Waals surface area (Å²) in [6.07, 6.45) is 0.111. The van der Waals surface area contributed by atoms with Crippen LogP contribution in [0.2, 0.25) is 0 Å². The first-order valence-corrected chi connectivity index (χ1v) is 6.04. The summed E-state index contributed by atoms with van der Waals surface area (Å²) in [4.78, 5) is 13.3. The lowest BCUT2D eigenvalue weighted by Crippen LogP contribution is -2.37. The first-order chi connectivity index (χ1) is 6.47. The first kappa shape index (κ1) is 13.6. The average molecular weight is 217 g/mol. The molecule has 4 heteroatoms. The van der Waals surface area contributed by atoms with E-state index >= 15 is 0 Å². The fourth-order valence-electron chi connectivity index (χ4n) is 1.31. The molecule has 0 aliphatic carbocycles. The average Bonchev–Trinajstić information content (AvgIpc) is 2.01. The number of hydrogen-bond acceptors (Lipinski definition) is 2. The van der Waals surface area contributed by atoms with E-state index in [2.05, 4.69) is 27.7 Å². The van der Waals surface area contributed by atoms with Crippen LogP contribution in [-0.2, 0) is 9.36 Å². The summed E-state index contributed by atoms with van der Waals surface area (Å²) in [6, 6.07) is 0. The Hall–Kier alpha value is -0.430. The highest BCUT2D eigenvalue weighted by atomic mass is 31.1. The molecule has 0 bridgehead atoms. The topological polar surface area (TPSA) is 37.4 Å². The van der Waals surface area contributed by atoms with Crippen molar-refractivity contribution in [1.29, 1.82) is 0 Å². The van der Waals surface area contributed by atoms with Gasteiger partial charge in [0.2, 0.25) is 5.91 Å². The number of rotatable bonds is 6. The van der Waals surface area contributed by atoms with Crippen molar-refractivity contribution in [3.63, 3.8) is 0 Å². The Morgan fingerprint density at radius 1 is 1.14 bits per heavy atom. The van der Waals surface area contributed by atoms with Crippen molar-refractivity contribution in [1.82, 2.24) is 4.90 Å². The van der Waals surface area contributed by atoms with Crippen LogP contribution in [0.1, 0.15) is 27.7 Å². The maximum Gasteiger partial charge on any atom is 0.234 e. The maximum absolute atomic E-state index is 11.5. The molecule has 0 unspecified atom stereocenters. The number of hydrogen-bond donors (Lipinski definition) is 0. The van der Waals surface area contributed by atoms with Crippen LogP contribution in [0.15, 0.2) is 0 Å². The Kier molecular flexibility index (Phi) is 6.73. The molecule has 0 saturated heterocycles. The fourth-order valence-corrected chi connectivity index (χ4v) is 1.63. The number of carbonyl (C=O) groups excluding carboxylic acids is 1. The summed E-state index contributed by atoms with van der Waals surface area (Å²) in [5, 5.41) is 0. The van der Waals surface area contributed by atoms with Crippen LogP contribution < -0.4 is 0 Å². The van der Waals surface area contributed by atoms with Crippen molar-refractivity contribution in [2.45, 2.75) is 27.7 Å². The van der Waals surface area contributed by atoms with Crippen molar-refractivity contribution in [3.05, 3.63) is 0 Å². The monoisotopic (exact) mass is 217 g/mol. The zero-order valence-electron chi connectivity index (χ0n) is 9.49. The van der Waals surface area contributed by atoms with E-state index in [1.165, 1.54) is 0 Å². The van der Waals surface area contributed by atoms with Crippen LogP contribution in [0, 0.1) is 11.8 Å². The first-order valence-electron chi connectivity index (χ1n) is 5.04. The van der Waals surface area contributed by atoms with Crippen molar-refractivity contribution >= 4 is 14.4 Å². The van der Waals surface area contributed by atoms with Crippen LogP contribution in [0.3, 0.4) is 0 Å². The second-order valence-corrected chi connectivity index (χ2v) is 4.95. The summed E-state index contributed by atoms with van der Waals surface area (Å²) in [6.45, 7) is 9.83. The molecule has 0 aromatic heterocycles. The molecule has 0 N–H and O–H groups in total. The van der Waals surface area contributed by atoms with Crippen LogP contribution >= 0.6 is 8.46 Å². The van der Waals surface area contributed by atoms with Gasteiger partial charge in [-0.15, -0.1) is 0 Å². The molecule has 82 valence electrons. The maximum atomic E-state index is 11.5. The molecule has 0 aromatic carbocycles. The number of carbonyl (C=O) groups is 1. The molecule has 0 spiro atoms. The smallest absolute Gasteiger partial charge is 0.234 e. The van der Waals surface area contributed by atoms with Crippen LogP contribution in [-0.4, -0.2) is 30.1 Å². The molecule has 0 rings (SSSR count). The summed E-state index contributed by atoms with van der Waals surface area (Å²) >= 11 is 0. The minimum absolute atomic E-state index is 0.0101. The second-order valence-electron chi connectivity index (χ2n) is 4.37. The zero-order valence-corrected chi connectivity index (χ0v) is 10.4. The lowest BCUT2D eigenvalue weighted by Gasteiger charge is -2.25. The van der Waals surface area contributed by atoms with E-state index < -0.39 is 0 Å². The summed E-state index contributed by atoms with van der Waals surface area (Å²) < 4.78 is 10.3. The van der Waals surface area contributed by atoms with Gasteiger partial charge in [-0.05, 0) is 11.8 Å². The van der Waals surface area contributed by atoms with E-state index in [1.54, 1.807) is 4.90 Å². The van der Waals surface area contributed by atoms with Gasteiger partial charge in [0.1, 0.15) is 6.16 Å². The third-order valence-electron chi connectivity index (χ3n) is 1.72. The highest BCUT2D eigenvalue weighted by molar-refractivity contribution is 7.25. The van der Waals surface area contributed by atoms with E-state index in [4.69, 9.17) is 0 Å². The van der Waals surface area contributed by atoms with Gasteiger partial charge in [0, 0.05) is 13.1 Å². The lowest BCUT2D eigenvalue weighted by molar-refractivity contribution is -0.129. The van der Waals surface area contributed by atoms with Crippen molar-refractivity contribution < 1.29 is 9.36 Å². The zero-order chi connectivity index (χ0) is 11.1. The molecule has 0 radical (unpaired) electrons. The van der Waals surface area contributed by atoms with Crippen LogP contribution in [0.5, 0.6) is 0 Å². The molecule has 1 amide bonds. The highest BCUT2D eigenvalue weighted by Gasteiger charge is 2.15. The summed E-state index contributed by atoms with van der Waals surface area (Å²) in [7, 11) is -0.0830. The normalized spacial score (nSPS) is 11.3. The summed E-state index contributed by atoms with van der Waals surface area (Å²) in [5.41, 5.74) is 0. The molecular weight excluding hydrogens is 197 g/mol. The lowest BCUT2D eigenvalue weighted by atomic mass is 10.1. The van der Waals surface area contributed by atoms with E-state index in [1.807, 2.05) is 0 Å². The molecule has 0 fully saturated rings. The van der Waals surface area contributed by atoms with Crippen molar-refractivity contribution in [3.8, 4) is 0 Å². The van der Waals surface area contributed by atoms with Crippen LogP contribution in [0.4, 0.5) is 0 Å². The minimum Gasteiger partial charge on any atom is -0.342 e. The molecule has 3 nitrogen and oxygen atoms in total.